The number of nitrogens with one attached hydrogen (secondary N) is 1. The van der Waals surface area contributed by atoms with Crippen LogP contribution >= 0.6 is 22.7 Å². The summed E-state index contributed by atoms with van der Waals surface area (Å²) in [6, 6.07) is 14.2. The Morgan fingerprint density at radius 3 is 2.15 bits per heavy atom. The van der Waals surface area contributed by atoms with Crippen molar-refractivity contribution in [1.29, 1.82) is 0 Å². The van der Waals surface area contributed by atoms with Gasteiger partial charge in [0.15, 0.2) is 0 Å². The van der Waals surface area contributed by atoms with Gasteiger partial charge in [0.25, 0.3) is 0 Å². The van der Waals surface area contributed by atoms with Crippen LogP contribution in [0.15, 0.2) is 53.2 Å². The van der Waals surface area contributed by atoms with E-state index < -0.39 is 0 Å². The number of anilines is 1. The predicted octanol–water partition coefficient (Wildman–Crippen LogP) is 5.03. The third-order valence-corrected chi connectivity index (χ3v) is 5.04. The predicted molar refractivity (Wildman–Crippen MR) is 86.9 cm³/mol. The lowest BCUT2D eigenvalue weighted by molar-refractivity contribution is 0.471. The molecule has 2 N–H and O–H groups in total. The molecule has 102 valence electrons. The quantitative estimate of drug-likeness (QED) is 0.663. The van der Waals surface area contributed by atoms with Gasteiger partial charge in [-0.1, -0.05) is 12.1 Å². The number of benzene rings is 1. The number of hydrogen-bond acceptors (Lipinski definition) is 4. The van der Waals surface area contributed by atoms with Gasteiger partial charge in [0, 0.05) is 15.4 Å². The van der Waals surface area contributed by atoms with Gasteiger partial charge in [0.1, 0.15) is 5.75 Å². The van der Waals surface area contributed by atoms with Crippen molar-refractivity contribution in [1.82, 2.24) is 0 Å². The van der Waals surface area contributed by atoms with E-state index in [1.807, 2.05) is 19.1 Å². The third kappa shape index (κ3) is 2.71. The van der Waals surface area contributed by atoms with Crippen molar-refractivity contribution in [3.05, 3.63) is 68.5 Å². The Kier molecular flexibility index (Phi) is 3.76. The van der Waals surface area contributed by atoms with Crippen LogP contribution in [0.2, 0.25) is 0 Å². The van der Waals surface area contributed by atoms with Gasteiger partial charge in [-0.15, -0.1) is 22.7 Å². The summed E-state index contributed by atoms with van der Waals surface area (Å²) in [6.45, 7) is 1.91. The number of rotatable bonds is 4. The van der Waals surface area contributed by atoms with Crippen molar-refractivity contribution in [3.63, 3.8) is 0 Å². The Morgan fingerprint density at radius 1 is 1.00 bits per heavy atom. The average Bonchev–Trinajstić information content (AvgIpc) is 3.12. The Bertz CT molecular complexity index is 640. The molecule has 0 aliphatic heterocycles. The number of aromatic hydroxyl groups is 1. The van der Waals surface area contributed by atoms with Crippen LogP contribution in [-0.4, -0.2) is 5.11 Å². The molecule has 2 aromatic heterocycles. The molecule has 0 spiro atoms. The molecule has 0 unspecified atom stereocenters. The maximum atomic E-state index is 9.62. The Balaban J connectivity index is 1.92. The van der Waals surface area contributed by atoms with E-state index in [4.69, 9.17) is 0 Å². The van der Waals surface area contributed by atoms with Gasteiger partial charge < -0.3 is 10.4 Å². The molecule has 0 radical (unpaired) electrons. The molecule has 2 nitrogen and oxygen atoms in total. The maximum absolute atomic E-state index is 9.62. The van der Waals surface area contributed by atoms with E-state index in [0.29, 0.717) is 5.75 Å². The van der Waals surface area contributed by atoms with Crippen LogP contribution in [0, 0.1) is 6.92 Å². The van der Waals surface area contributed by atoms with Crippen LogP contribution < -0.4 is 5.32 Å². The van der Waals surface area contributed by atoms with E-state index in [0.717, 1.165) is 11.3 Å². The summed E-state index contributed by atoms with van der Waals surface area (Å²) in [5, 5.41) is 17.4. The largest absolute Gasteiger partial charge is 0.508 e. The van der Waals surface area contributed by atoms with E-state index in [1.165, 1.54) is 9.75 Å². The molecule has 1 aromatic carbocycles. The van der Waals surface area contributed by atoms with E-state index in [2.05, 4.69) is 40.3 Å². The lowest BCUT2D eigenvalue weighted by Gasteiger charge is -2.18. The molecule has 2 heterocycles. The summed E-state index contributed by atoms with van der Waals surface area (Å²) in [6.07, 6.45) is 0. The van der Waals surface area contributed by atoms with E-state index >= 15 is 0 Å². The van der Waals surface area contributed by atoms with Gasteiger partial charge in [-0.2, -0.15) is 0 Å². The monoisotopic (exact) mass is 301 g/mol. The Hall–Kier alpha value is -1.78. The van der Waals surface area contributed by atoms with Crippen molar-refractivity contribution in [3.8, 4) is 5.75 Å². The summed E-state index contributed by atoms with van der Waals surface area (Å²) < 4.78 is 0. The zero-order valence-corrected chi connectivity index (χ0v) is 12.7. The standard InChI is InChI=1S/C16H15NOS2/c1-11-10-12(6-7-13(11)18)17-16(14-4-2-8-19-14)15-5-3-9-20-15/h2-10,16-18H,1H3. The first kappa shape index (κ1) is 13.2. The van der Waals surface area contributed by atoms with Gasteiger partial charge >= 0.3 is 0 Å². The Labute approximate surface area is 126 Å². The highest BCUT2D eigenvalue weighted by molar-refractivity contribution is 7.11. The zero-order chi connectivity index (χ0) is 13.9. The highest BCUT2D eigenvalue weighted by Crippen LogP contribution is 2.33. The average molecular weight is 301 g/mol. The molecule has 0 saturated carbocycles. The first-order valence-electron chi connectivity index (χ1n) is 6.37. The van der Waals surface area contributed by atoms with Gasteiger partial charge in [-0.3, -0.25) is 0 Å². The number of phenolic OH excluding ortho intramolecular Hbond substituents is 1. The van der Waals surface area contributed by atoms with Crippen LogP contribution in [0.3, 0.4) is 0 Å². The van der Waals surface area contributed by atoms with Crippen molar-refractivity contribution >= 4 is 28.4 Å². The molecule has 4 heteroatoms. The summed E-state index contributed by atoms with van der Waals surface area (Å²) in [4.78, 5) is 2.58. The van der Waals surface area contributed by atoms with Crippen LogP contribution in [0.1, 0.15) is 21.4 Å². The molecule has 0 amide bonds. The molecule has 0 fully saturated rings. The van der Waals surface area contributed by atoms with Gasteiger partial charge in [-0.05, 0) is 53.6 Å². The molecule has 0 aliphatic rings. The van der Waals surface area contributed by atoms with Crippen LogP contribution in [0.5, 0.6) is 5.75 Å². The summed E-state index contributed by atoms with van der Waals surface area (Å²) in [5.41, 5.74) is 1.90. The lowest BCUT2D eigenvalue weighted by atomic mass is 10.1. The number of thiophene rings is 2. The second-order valence-electron chi connectivity index (χ2n) is 4.61. The summed E-state index contributed by atoms with van der Waals surface area (Å²) in [7, 11) is 0. The molecule has 0 saturated heterocycles. The normalized spacial score (nSPS) is 10.9. The van der Waals surface area contributed by atoms with Crippen molar-refractivity contribution in [2.75, 3.05) is 5.32 Å². The van der Waals surface area contributed by atoms with Crippen molar-refractivity contribution in [2.24, 2.45) is 0 Å². The molecule has 0 atom stereocenters. The molecular weight excluding hydrogens is 286 g/mol. The van der Waals surface area contributed by atoms with Gasteiger partial charge in [0.05, 0.1) is 6.04 Å². The van der Waals surface area contributed by atoms with Gasteiger partial charge in [0.2, 0.25) is 0 Å². The number of phenols is 1. The molecular formula is C16H15NOS2. The minimum atomic E-state index is 0.166. The second kappa shape index (κ2) is 5.69. The molecule has 0 bridgehead atoms. The maximum Gasteiger partial charge on any atom is 0.118 e. The first-order chi connectivity index (χ1) is 9.74. The zero-order valence-electron chi connectivity index (χ0n) is 11.0. The van der Waals surface area contributed by atoms with Gasteiger partial charge in [-0.25, -0.2) is 0 Å². The van der Waals surface area contributed by atoms with Crippen LogP contribution in [0.25, 0.3) is 0 Å². The molecule has 0 aliphatic carbocycles. The fourth-order valence-electron chi connectivity index (χ4n) is 2.11. The smallest absolute Gasteiger partial charge is 0.118 e. The second-order valence-corrected chi connectivity index (χ2v) is 6.57. The molecule has 3 aromatic rings. The molecule has 3 rings (SSSR count). The van der Waals surface area contributed by atoms with Crippen LogP contribution in [-0.2, 0) is 0 Å². The third-order valence-electron chi connectivity index (χ3n) is 3.16. The van der Waals surface area contributed by atoms with E-state index in [-0.39, 0.29) is 6.04 Å². The lowest BCUT2D eigenvalue weighted by Crippen LogP contribution is -2.09. The highest BCUT2D eigenvalue weighted by Gasteiger charge is 2.16. The first-order valence-corrected chi connectivity index (χ1v) is 8.13. The SMILES string of the molecule is Cc1cc(NC(c2cccs2)c2cccs2)ccc1O. The summed E-state index contributed by atoms with van der Waals surface area (Å²) >= 11 is 3.50. The highest BCUT2D eigenvalue weighted by atomic mass is 32.1. The summed E-state index contributed by atoms with van der Waals surface area (Å²) in [5.74, 6) is 0.333. The molecule has 20 heavy (non-hydrogen) atoms. The fourth-order valence-corrected chi connectivity index (χ4v) is 3.77. The van der Waals surface area contributed by atoms with E-state index in [9.17, 15) is 5.11 Å². The van der Waals surface area contributed by atoms with Crippen molar-refractivity contribution < 1.29 is 5.11 Å². The van der Waals surface area contributed by atoms with Crippen LogP contribution in [0.4, 0.5) is 5.69 Å². The van der Waals surface area contributed by atoms with E-state index in [1.54, 1.807) is 28.7 Å². The number of aryl methyl sites for hydroxylation is 1. The fraction of sp³-hybridized carbons (Fsp3) is 0.125. The minimum absolute atomic E-state index is 0.166. The van der Waals surface area contributed by atoms with Crippen molar-refractivity contribution in [2.45, 2.75) is 13.0 Å². The topological polar surface area (TPSA) is 32.3 Å². The Morgan fingerprint density at radius 2 is 1.65 bits per heavy atom. The minimum Gasteiger partial charge on any atom is -0.508 e. The number of hydrogen-bond donors (Lipinski definition) is 2.